The number of thiophene rings is 1. The number of hydrogen-bond donors (Lipinski definition) is 0. The van der Waals surface area contributed by atoms with Crippen LogP contribution in [0.25, 0.3) is 15.9 Å². The van der Waals surface area contributed by atoms with Crippen molar-refractivity contribution in [1.82, 2.24) is 24.5 Å². The third-order valence-corrected chi connectivity index (χ3v) is 6.81. The average Bonchev–Trinajstić information content (AvgIpc) is 3.16. The summed E-state index contributed by atoms with van der Waals surface area (Å²) in [5.41, 5.74) is 2.16. The number of hydrogen-bond acceptors (Lipinski definition) is 6. The van der Waals surface area contributed by atoms with Crippen molar-refractivity contribution in [2.24, 2.45) is 5.92 Å². The summed E-state index contributed by atoms with van der Waals surface area (Å²) in [6.07, 6.45) is 5.24. The third-order valence-electron chi connectivity index (χ3n) is 5.69. The molecule has 0 atom stereocenters. The molecule has 3 aromatic heterocycles. The normalized spacial score (nSPS) is 21.5. The fraction of sp³-hybridized carbons (Fsp3) is 0.632. The van der Waals surface area contributed by atoms with E-state index in [2.05, 4.69) is 30.7 Å². The van der Waals surface area contributed by atoms with E-state index in [4.69, 9.17) is 14.8 Å². The number of likely N-dealkylation sites (tertiary alicyclic amines) is 1. The minimum atomic E-state index is -0.138. The third kappa shape index (κ3) is 2.82. The van der Waals surface area contributed by atoms with Crippen molar-refractivity contribution < 1.29 is 4.74 Å². The number of nitrogens with zero attached hydrogens (tertiary/aromatic N) is 5. The molecule has 0 bridgehead atoms. The highest BCUT2D eigenvalue weighted by Crippen LogP contribution is 2.39. The number of piperidine rings is 1. The lowest BCUT2D eigenvalue weighted by Crippen LogP contribution is -2.32. The summed E-state index contributed by atoms with van der Waals surface area (Å²) in [7, 11) is 0. The molecule has 6 nitrogen and oxygen atoms in total. The van der Waals surface area contributed by atoms with Crippen molar-refractivity contribution in [3.05, 3.63) is 22.6 Å². The molecule has 2 aliphatic rings. The summed E-state index contributed by atoms with van der Waals surface area (Å²) < 4.78 is 7.84. The van der Waals surface area contributed by atoms with Gasteiger partial charge in [0.2, 0.25) is 0 Å². The lowest BCUT2D eigenvalue weighted by atomic mass is 9.94. The Morgan fingerprint density at radius 3 is 2.92 bits per heavy atom. The van der Waals surface area contributed by atoms with Gasteiger partial charge in [-0.15, -0.1) is 16.4 Å². The van der Waals surface area contributed by atoms with Gasteiger partial charge in [-0.1, -0.05) is 6.92 Å². The molecule has 0 N–H and O–H groups in total. The van der Waals surface area contributed by atoms with E-state index in [1.165, 1.54) is 28.7 Å². The standard InChI is InChI=1S/C19H25N5OS/c1-12-4-6-23(7-5-12)9-15-21-17-16-13-8-19(2,3)25-10-14(13)26-18(16)20-11-24(17)22-15/h11-12H,4-10H2,1-3H3. The van der Waals surface area contributed by atoms with Gasteiger partial charge in [0.15, 0.2) is 11.5 Å². The number of fused-ring (bicyclic) bond motifs is 5. The van der Waals surface area contributed by atoms with Crippen LogP contribution in [0.1, 0.15) is 49.9 Å². The van der Waals surface area contributed by atoms with Crippen LogP contribution >= 0.6 is 11.3 Å². The van der Waals surface area contributed by atoms with E-state index in [0.717, 1.165) is 48.3 Å². The second-order valence-electron chi connectivity index (χ2n) is 8.41. The van der Waals surface area contributed by atoms with Crippen molar-refractivity contribution in [2.75, 3.05) is 13.1 Å². The molecule has 2 aliphatic heterocycles. The molecule has 0 amide bonds. The molecule has 0 radical (unpaired) electrons. The first kappa shape index (κ1) is 16.6. The zero-order valence-electron chi connectivity index (χ0n) is 15.7. The van der Waals surface area contributed by atoms with Gasteiger partial charge < -0.3 is 4.74 Å². The molecule has 138 valence electrons. The molecule has 0 aromatic carbocycles. The van der Waals surface area contributed by atoms with Gasteiger partial charge >= 0.3 is 0 Å². The summed E-state index contributed by atoms with van der Waals surface area (Å²) in [4.78, 5) is 14.4. The van der Waals surface area contributed by atoms with Gasteiger partial charge in [0, 0.05) is 11.3 Å². The monoisotopic (exact) mass is 371 g/mol. The van der Waals surface area contributed by atoms with E-state index in [1.807, 2.05) is 4.52 Å². The zero-order chi connectivity index (χ0) is 17.9. The summed E-state index contributed by atoms with van der Waals surface area (Å²) in [6.45, 7) is 10.4. The second-order valence-corrected chi connectivity index (χ2v) is 9.49. The zero-order valence-corrected chi connectivity index (χ0v) is 16.5. The molecule has 0 spiro atoms. The van der Waals surface area contributed by atoms with Gasteiger partial charge in [0.1, 0.15) is 11.2 Å². The van der Waals surface area contributed by atoms with Crippen LogP contribution in [0.15, 0.2) is 6.33 Å². The predicted octanol–water partition coefficient (Wildman–Crippen LogP) is 3.42. The SMILES string of the molecule is CC1CCN(Cc2nc3c4c5c(sc4ncn3n2)COC(C)(C)C5)CC1. The Balaban J connectivity index is 1.54. The van der Waals surface area contributed by atoms with Crippen molar-refractivity contribution in [2.45, 2.75) is 58.8 Å². The van der Waals surface area contributed by atoms with Crippen molar-refractivity contribution in [3.63, 3.8) is 0 Å². The fourth-order valence-electron chi connectivity index (χ4n) is 4.07. The smallest absolute Gasteiger partial charge is 0.168 e. The van der Waals surface area contributed by atoms with Crippen LogP contribution in [-0.2, 0) is 24.3 Å². The van der Waals surface area contributed by atoms with E-state index < -0.39 is 0 Å². The van der Waals surface area contributed by atoms with Crippen LogP contribution in [0.4, 0.5) is 0 Å². The summed E-state index contributed by atoms with van der Waals surface area (Å²) in [5, 5.41) is 5.89. The quantitative estimate of drug-likeness (QED) is 0.691. The molecule has 0 unspecified atom stereocenters. The highest BCUT2D eigenvalue weighted by Gasteiger charge is 2.31. The maximum atomic E-state index is 5.98. The average molecular weight is 372 g/mol. The van der Waals surface area contributed by atoms with Gasteiger partial charge in [-0.05, 0) is 51.3 Å². The summed E-state index contributed by atoms with van der Waals surface area (Å²) >= 11 is 1.73. The molecular weight excluding hydrogens is 346 g/mol. The number of rotatable bonds is 2. The van der Waals surface area contributed by atoms with Crippen molar-refractivity contribution >= 4 is 27.2 Å². The highest BCUT2D eigenvalue weighted by molar-refractivity contribution is 7.19. The number of ether oxygens (including phenoxy) is 1. The van der Waals surface area contributed by atoms with E-state index in [9.17, 15) is 0 Å². The Labute approximate surface area is 157 Å². The Kier molecular flexibility index (Phi) is 3.81. The molecule has 0 saturated carbocycles. The van der Waals surface area contributed by atoms with Crippen LogP contribution in [0, 0.1) is 5.92 Å². The lowest BCUT2D eigenvalue weighted by Gasteiger charge is -2.30. The molecule has 1 fully saturated rings. The molecule has 26 heavy (non-hydrogen) atoms. The van der Waals surface area contributed by atoms with Crippen LogP contribution < -0.4 is 0 Å². The summed E-state index contributed by atoms with van der Waals surface area (Å²) in [5.74, 6) is 1.74. The highest BCUT2D eigenvalue weighted by atomic mass is 32.1. The Morgan fingerprint density at radius 2 is 2.12 bits per heavy atom. The Morgan fingerprint density at radius 1 is 1.31 bits per heavy atom. The first-order chi connectivity index (χ1) is 12.5. The van der Waals surface area contributed by atoms with E-state index in [-0.39, 0.29) is 5.60 Å². The second kappa shape index (κ2) is 5.97. The van der Waals surface area contributed by atoms with Crippen molar-refractivity contribution in [3.8, 4) is 0 Å². The van der Waals surface area contributed by atoms with E-state index >= 15 is 0 Å². The number of aromatic nitrogens is 4. The van der Waals surface area contributed by atoms with Crippen LogP contribution in [0.2, 0.25) is 0 Å². The molecular formula is C19H25N5OS. The maximum absolute atomic E-state index is 5.98. The van der Waals surface area contributed by atoms with Gasteiger partial charge in [-0.2, -0.15) is 0 Å². The van der Waals surface area contributed by atoms with Gasteiger partial charge in [0.25, 0.3) is 0 Å². The first-order valence-corrected chi connectivity index (χ1v) is 10.3. The first-order valence-electron chi connectivity index (χ1n) is 9.49. The van der Waals surface area contributed by atoms with E-state index in [0.29, 0.717) is 6.61 Å². The maximum Gasteiger partial charge on any atom is 0.168 e. The minimum Gasteiger partial charge on any atom is -0.370 e. The summed E-state index contributed by atoms with van der Waals surface area (Å²) in [6, 6.07) is 0. The van der Waals surface area contributed by atoms with Crippen LogP contribution in [-0.4, -0.2) is 43.2 Å². The van der Waals surface area contributed by atoms with Crippen LogP contribution in [0.5, 0.6) is 0 Å². The largest absolute Gasteiger partial charge is 0.370 e. The molecule has 5 heterocycles. The molecule has 0 aliphatic carbocycles. The van der Waals surface area contributed by atoms with Gasteiger partial charge in [-0.3, -0.25) is 4.90 Å². The Bertz CT molecular complexity index is 967. The Hall–Kier alpha value is -1.57. The van der Waals surface area contributed by atoms with E-state index in [1.54, 1.807) is 17.7 Å². The lowest BCUT2D eigenvalue weighted by molar-refractivity contribution is -0.0379. The topological polar surface area (TPSA) is 55.6 Å². The van der Waals surface area contributed by atoms with Crippen molar-refractivity contribution in [1.29, 1.82) is 0 Å². The molecule has 1 saturated heterocycles. The fourth-order valence-corrected chi connectivity index (χ4v) is 5.14. The molecule has 5 rings (SSSR count). The minimum absolute atomic E-state index is 0.138. The van der Waals surface area contributed by atoms with Gasteiger partial charge in [-0.25, -0.2) is 14.5 Å². The molecule has 7 heteroatoms. The molecule has 3 aromatic rings. The predicted molar refractivity (Wildman–Crippen MR) is 102 cm³/mol. The van der Waals surface area contributed by atoms with Gasteiger partial charge in [0.05, 0.1) is 24.1 Å². The van der Waals surface area contributed by atoms with Crippen LogP contribution in [0.3, 0.4) is 0 Å².